The molecule has 2 aromatic heterocycles. The lowest BCUT2D eigenvalue weighted by Gasteiger charge is -2.43. The molecule has 0 spiro atoms. The Morgan fingerprint density at radius 1 is 1.17 bits per heavy atom. The number of imidazole rings is 1. The highest BCUT2D eigenvalue weighted by molar-refractivity contribution is 5.83. The molecule has 1 aliphatic rings. The van der Waals surface area contributed by atoms with Crippen molar-refractivity contribution in [3.8, 4) is 11.3 Å². The molecule has 0 saturated heterocycles. The molecule has 0 unspecified atom stereocenters. The molecule has 186 valence electrons. The fraction of sp³-hybridized carbons (Fsp3) is 0.348. The molecule has 4 rings (SSSR count). The Balaban J connectivity index is 1.87. The molecule has 12 heteroatoms. The van der Waals surface area contributed by atoms with E-state index >= 15 is 0 Å². The molecular weight excluding hydrogens is 468 g/mol. The highest BCUT2D eigenvalue weighted by Gasteiger charge is 2.43. The smallest absolute Gasteiger partial charge is 0.243 e. The molecule has 1 amide bonds. The summed E-state index contributed by atoms with van der Waals surface area (Å²) in [6.07, 6.45) is -0.0865. The summed E-state index contributed by atoms with van der Waals surface area (Å²) in [4.78, 5) is 23.0. The number of halogens is 4. The minimum absolute atomic E-state index is 0.0535. The van der Waals surface area contributed by atoms with E-state index in [2.05, 4.69) is 15.3 Å². The Kier molecular flexibility index (Phi) is 6.28. The van der Waals surface area contributed by atoms with E-state index in [-0.39, 0.29) is 36.0 Å². The summed E-state index contributed by atoms with van der Waals surface area (Å²) in [6.45, 7) is 5.24. The predicted octanol–water partition coefficient (Wildman–Crippen LogP) is 3.03. The molecule has 0 aliphatic carbocycles. The first-order valence-corrected chi connectivity index (χ1v) is 10.8. The maximum atomic E-state index is 14.1. The second-order valence-electron chi connectivity index (χ2n) is 8.84. The lowest BCUT2D eigenvalue weighted by Crippen LogP contribution is -2.58. The number of anilines is 2. The number of nitrogens with two attached hydrogens (primary N) is 1. The van der Waals surface area contributed by atoms with Crippen LogP contribution in [0.4, 0.5) is 29.2 Å². The number of pyridine rings is 1. The average Bonchev–Trinajstić information content (AvgIpc) is 3.17. The van der Waals surface area contributed by atoms with Gasteiger partial charge in [-0.15, -0.1) is 0 Å². The lowest BCUT2D eigenvalue weighted by atomic mass is 9.97. The van der Waals surface area contributed by atoms with Crippen molar-refractivity contribution in [1.82, 2.24) is 19.4 Å². The molecule has 35 heavy (non-hydrogen) atoms. The molecule has 0 saturated carbocycles. The Morgan fingerprint density at radius 2 is 1.83 bits per heavy atom. The summed E-state index contributed by atoms with van der Waals surface area (Å²) in [5.74, 6) is -4.61. The van der Waals surface area contributed by atoms with Crippen LogP contribution in [-0.2, 0) is 16.9 Å². The number of hydrogen-bond acceptors (Lipinski definition) is 6. The topological polar surface area (TPSA) is 109 Å². The second-order valence-corrected chi connectivity index (χ2v) is 8.84. The van der Waals surface area contributed by atoms with Gasteiger partial charge in [-0.3, -0.25) is 4.79 Å². The number of aliphatic hydroxyl groups is 1. The van der Waals surface area contributed by atoms with Gasteiger partial charge in [0.15, 0.2) is 17.5 Å². The van der Waals surface area contributed by atoms with Gasteiger partial charge in [0.25, 0.3) is 0 Å². The Labute approximate surface area is 198 Å². The second kappa shape index (κ2) is 8.93. The molecule has 0 radical (unpaired) electrons. The van der Waals surface area contributed by atoms with E-state index in [4.69, 9.17) is 5.73 Å². The molecule has 8 nitrogen and oxygen atoms in total. The number of nitrogens with one attached hydrogen (secondary N) is 1. The molecule has 4 N–H and O–H groups in total. The van der Waals surface area contributed by atoms with Gasteiger partial charge in [0.2, 0.25) is 5.91 Å². The van der Waals surface area contributed by atoms with E-state index in [0.717, 1.165) is 18.3 Å². The highest BCUT2D eigenvalue weighted by Crippen LogP contribution is 2.40. The van der Waals surface area contributed by atoms with Gasteiger partial charge >= 0.3 is 0 Å². The molecule has 3 aromatic rings. The minimum atomic E-state index is -1.61. The van der Waals surface area contributed by atoms with Crippen LogP contribution in [0.2, 0.25) is 0 Å². The van der Waals surface area contributed by atoms with Crippen molar-refractivity contribution in [2.45, 2.75) is 45.0 Å². The van der Waals surface area contributed by atoms with Crippen LogP contribution in [0.5, 0.6) is 0 Å². The zero-order valence-electron chi connectivity index (χ0n) is 19.2. The van der Waals surface area contributed by atoms with Crippen LogP contribution in [-0.4, -0.2) is 49.1 Å². The van der Waals surface area contributed by atoms with Crippen molar-refractivity contribution in [2.24, 2.45) is 5.73 Å². The Morgan fingerprint density at radius 3 is 2.40 bits per heavy atom. The van der Waals surface area contributed by atoms with Crippen molar-refractivity contribution in [3.63, 3.8) is 0 Å². The molecule has 2 atom stereocenters. The number of carbonyl (C=O) groups is 1. The summed E-state index contributed by atoms with van der Waals surface area (Å²) < 4.78 is 56.9. The number of rotatable bonds is 5. The number of nitrogens with zero attached hydrogens (tertiary/aromatic N) is 4. The lowest BCUT2D eigenvalue weighted by molar-refractivity contribution is -0.142. The monoisotopic (exact) mass is 492 g/mol. The van der Waals surface area contributed by atoms with Crippen LogP contribution >= 0.6 is 0 Å². The predicted molar refractivity (Wildman–Crippen MR) is 119 cm³/mol. The van der Waals surface area contributed by atoms with Crippen molar-refractivity contribution < 1.29 is 27.5 Å². The van der Waals surface area contributed by atoms with E-state index in [1.54, 1.807) is 18.4 Å². The molecule has 3 heterocycles. The first-order valence-electron chi connectivity index (χ1n) is 10.8. The first-order chi connectivity index (χ1) is 16.4. The van der Waals surface area contributed by atoms with Crippen LogP contribution in [0.25, 0.3) is 11.3 Å². The molecule has 0 bridgehead atoms. The van der Waals surface area contributed by atoms with Gasteiger partial charge in [0, 0.05) is 18.7 Å². The number of aliphatic hydroxyl groups excluding tert-OH is 1. The number of aromatic nitrogens is 3. The Hall–Kier alpha value is -3.51. The third-order valence-electron chi connectivity index (χ3n) is 6.04. The van der Waals surface area contributed by atoms with Gasteiger partial charge in [0.1, 0.15) is 35.0 Å². The molecular formula is C23H24F4N6O2. The number of carbonyl (C=O) groups excluding carboxylic acids is 1. The van der Waals surface area contributed by atoms with Crippen LogP contribution in [0, 0.1) is 23.3 Å². The summed E-state index contributed by atoms with van der Waals surface area (Å²) in [5.41, 5.74) is 4.85. The standard InChI is InChI=1S/C23H24F4N6O2/c1-11(34)18(28)21(35)33-7-6-32-20(30-16-5-4-13(24)10-29-16)19(31-22(32)23(33,2)3)12-8-14(25)17(27)15(26)9-12/h4-5,8-11,18,34H,6-7,28H2,1-3H3,(H,29,30)/t11-,18+/m1/s1. The fourth-order valence-corrected chi connectivity index (χ4v) is 4.10. The normalized spacial score (nSPS) is 16.5. The van der Waals surface area contributed by atoms with Gasteiger partial charge < -0.3 is 25.6 Å². The number of hydrogen-bond donors (Lipinski definition) is 3. The van der Waals surface area contributed by atoms with E-state index in [0.29, 0.717) is 5.82 Å². The maximum absolute atomic E-state index is 14.1. The van der Waals surface area contributed by atoms with Crippen molar-refractivity contribution in [3.05, 3.63) is 59.6 Å². The zero-order valence-corrected chi connectivity index (χ0v) is 19.2. The molecule has 1 aliphatic heterocycles. The van der Waals surface area contributed by atoms with Gasteiger partial charge in [-0.1, -0.05) is 0 Å². The van der Waals surface area contributed by atoms with E-state index < -0.39 is 46.9 Å². The molecule has 0 fully saturated rings. The number of fused-ring (bicyclic) bond motifs is 1. The van der Waals surface area contributed by atoms with Crippen LogP contribution in [0.15, 0.2) is 30.5 Å². The van der Waals surface area contributed by atoms with Crippen LogP contribution in [0.3, 0.4) is 0 Å². The van der Waals surface area contributed by atoms with Crippen molar-refractivity contribution >= 4 is 17.5 Å². The SMILES string of the molecule is C[C@@H](O)[C@H](N)C(=O)N1CCn2c(nc(-c3cc(F)c(F)c(F)c3)c2Nc2ccc(F)cn2)C1(C)C. The summed E-state index contributed by atoms with van der Waals surface area (Å²) in [6, 6.07) is 3.03. The third-order valence-corrected chi connectivity index (χ3v) is 6.04. The van der Waals surface area contributed by atoms with Crippen molar-refractivity contribution in [2.75, 3.05) is 11.9 Å². The largest absolute Gasteiger partial charge is 0.391 e. The summed E-state index contributed by atoms with van der Waals surface area (Å²) >= 11 is 0. The summed E-state index contributed by atoms with van der Waals surface area (Å²) in [7, 11) is 0. The quantitative estimate of drug-likeness (QED) is 0.373. The van der Waals surface area contributed by atoms with E-state index in [1.807, 2.05) is 0 Å². The molecule has 1 aromatic carbocycles. The van der Waals surface area contributed by atoms with Crippen LogP contribution in [0.1, 0.15) is 26.6 Å². The minimum Gasteiger partial charge on any atom is -0.391 e. The summed E-state index contributed by atoms with van der Waals surface area (Å²) in [5, 5.41) is 12.8. The van der Waals surface area contributed by atoms with E-state index in [1.165, 1.54) is 24.0 Å². The third kappa shape index (κ3) is 4.34. The van der Waals surface area contributed by atoms with Gasteiger partial charge in [-0.25, -0.2) is 27.5 Å². The van der Waals surface area contributed by atoms with Crippen molar-refractivity contribution in [1.29, 1.82) is 0 Å². The zero-order chi connectivity index (χ0) is 25.7. The maximum Gasteiger partial charge on any atom is 0.243 e. The fourth-order valence-electron chi connectivity index (χ4n) is 4.10. The van der Waals surface area contributed by atoms with E-state index in [9.17, 15) is 27.5 Å². The average molecular weight is 492 g/mol. The number of benzene rings is 1. The number of amides is 1. The van der Waals surface area contributed by atoms with Crippen LogP contribution < -0.4 is 11.1 Å². The van der Waals surface area contributed by atoms with Gasteiger partial charge in [-0.2, -0.15) is 0 Å². The van der Waals surface area contributed by atoms with Gasteiger partial charge in [-0.05, 0) is 45.0 Å². The first kappa shape index (κ1) is 24.6. The Bertz CT molecular complexity index is 1250. The van der Waals surface area contributed by atoms with Gasteiger partial charge in [0.05, 0.1) is 17.8 Å². The highest BCUT2D eigenvalue weighted by atomic mass is 19.2.